The highest BCUT2D eigenvalue weighted by atomic mass is 35.5. The Balaban J connectivity index is 1.53. The normalized spacial score (nSPS) is 11.0. The van der Waals surface area contributed by atoms with E-state index in [-0.39, 0.29) is 5.91 Å². The summed E-state index contributed by atoms with van der Waals surface area (Å²) in [6.45, 7) is 2.64. The van der Waals surface area contributed by atoms with Crippen molar-refractivity contribution >= 4 is 28.5 Å². The SMILES string of the molecule is CCCc1nc2ccc(CCC(=O)NCc3cccc(Cl)c3)cc2[nH]1. The second-order valence-corrected chi connectivity index (χ2v) is 6.63. The van der Waals surface area contributed by atoms with Crippen LogP contribution in [-0.2, 0) is 24.2 Å². The number of aryl methyl sites for hydroxylation is 2. The van der Waals surface area contributed by atoms with Gasteiger partial charge in [0.2, 0.25) is 5.91 Å². The third kappa shape index (κ3) is 4.83. The fourth-order valence-electron chi connectivity index (χ4n) is 2.81. The second kappa shape index (κ2) is 8.17. The molecule has 0 aliphatic heterocycles. The van der Waals surface area contributed by atoms with E-state index in [1.165, 1.54) is 0 Å². The molecule has 0 unspecified atom stereocenters. The highest BCUT2D eigenvalue weighted by Crippen LogP contribution is 2.16. The van der Waals surface area contributed by atoms with E-state index in [1.54, 1.807) is 0 Å². The summed E-state index contributed by atoms with van der Waals surface area (Å²) in [5, 5.41) is 3.62. The molecule has 1 aromatic heterocycles. The molecule has 0 aliphatic carbocycles. The van der Waals surface area contributed by atoms with Gasteiger partial charge in [-0.15, -0.1) is 0 Å². The molecule has 0 saturated carbocycles. The maximum absolute atomic E-state index is 12.1. The Hall–Kier alpha value is -2.33. The molecule has 0 radical (unpaired) electrons. The molecule has 2 aromatic carbocycles. The summed E-state index contributed by atoms with van der Waals surface area (Å²) in [4.78, 5) is 20.0. The molecule has 130 valence electrons. The third-order valence-corrected chi connectivity index (χ3v) is 4.34. The molecule has 0 spiro atoms. The van der Waals surface area contributed by atoms with Crippen LogP contribution in [0.3, 0.4) is 0 Å². The van der Waals surface area contributed by atoms with Crippen LogP contribution in [-0.4, -0.2) is 15.9 Å². The van der Waals surface area contributed by atoms with Crippen molar-refractivity contribution in [1.82, 2.24) is 15.3 Å². The van der Waals surface area contributed by atoms with E-state index in [0.29, 0.717) is 24.4 Å². The number of benzene rings is 2. The number of nitrogens with one attached hydrogen (secondary N) is 2. The lowest BCUT2D eigenvalue weighted by Crippen LogP contribution is -2.22. The number of aromatic amines is 1. The quantitative estimate of drug-likeness (QED) is 0.659. The summed E-state index contributed by atoms with van der Waals surface area (Å²) in [5.41, 5.74) is 4.16. The number of imidazole rings is 1. The zero-order chi connectivity index (χ0) is 17.6. The van der Waals surface area contributed by atoms with Crippen LogP contribution in [0.25, 0.3) is 11.0 Å². The molecule has 3 aromatic rings. The molecule has 3 rings (SSSR count). The molecule has 2 N–H and O–H groups in total. The van der Waals surface area contributed by atoms with E-state index in [9.17, 15) is 4.79 Å². The maximum atomic E-state index is 12.1. The second-order valence-electron chi connectivity index (χ2n) is 6.19. The zero-order valence-corrected chi connectivity index (χ0v) is 15.1. The van der Waals surface area contributed by atoms with Gasteiger partial charge in [0.05, 0.1) is 11.0 Å². The average molecular weight is 356 g/mol. The van der Waals surface area contributed by atoms with Crippen molar-refractivity contribution in [2.45, 2.75) is 39.2 Å². The Morgan fingerprint density at radius 1 is 1.16 bits per heavy atom. The Morgan fingerprint density at radius 2 is 2.04 bits per heavy atom. The van der Waals surface area contributed by atoms with Crippen molar-refractivity contribution in [2.24, 2.45) is 0 Å². The first-order chi connectivity index (χ1) is 12.1. The summed E-state index contributed by atoms with van der Waals surface area (Å²) in [6, 6.07) is 13.7. The number of hydrogen-bond donors (Lipinski definition) is 2. The van der Waals surface area contributed by atoms with Gasteiger partial charge in [-0.1, -0.05) is 36.7 Å². The molecule has 0 bridgehead atoms. The molecule has 0 fully saturated rings. The molecule has 0 aliphatic rings. The topological polar surface area (TPSA) is 57.8 Å². The minimum atomic E-state index is 0.0383. The molecule has 1 heterocycles. The summed E-state index contributed by atoms with van der Waals surface area (Å²) in [6.07, 6.45) is 3.19. The van der Waals surface area contributed by atoms with E-state index < -0.39 is 0 Å². The predicted molar refractivity (Wildman–Crippen MR) is 102 cm³/mol. The van der Waals surface area contributed by atoms with E-state index in [0.717, 1.165) is 40.8 Å². The fraction of sp³-hybridized carbons (Fsp3) is 0.300. The number of amides is 1. The number of carbonyl (C=O) groups excluding carboxylic acids is 1. The largest absolute Gasteiger partial charge is 0.352 e. The van der Waals surface area contributed by atoms with Crippen molar-refractivity contribution < 1.29 is 4.79 Å². The van der Waals surface area contributed by atoms with Gasteiger partial charge in [-0.2, -0.15) is 0 Å². The highest BCUT2D eigenvalue weighted by Gasteiger charge is 2.06. The van der Waals surface area contributed by atoms with Crippen LogP contribution >= 0.6 is 11.6 Å². The summed E-state index contributed by atoms with van der Waals surface area (Å²) in [7, 11) is 0. The van der Waals surface area contributed by atoms with Gasteiger partial charge in [-0.05, 0) is 48.2 Å². The van der Waals surface area contributed by atoms with Crippen molar-refractivity contribution in [1.29, 1.82) is 0 Å². The summed E-state index contributed by atoms with van der Waals surface area (Å²) < 4.78 is 0. The molecule has 1 amide bonds. The Kier molecular flexibility index (Phi) is 5.71. The number of hydrogen-bond acceptors (Lipinski definition) is 2. The lowest BCUT2D eigenvalue weighted by molar-refractivity contribution is -0.121. The van der Waals surface area contributed by atoms with Crippen molar-refractivity contribution in [3.8, 4) is 0 Å². The third-order valence-electron chi connectivity index (χ3n) is 4.10. The smallest absolute Gasteiger partial charge is 0.220 e. The first-order valence-corrected chi connectivity index (χ1v) is 9.00. The molecule has 4 nitrogen and oxygen atoms in total. The summed E-state index contributed by atoms with van der Waals surface area (Å²) in [5.74, 6) is 1.06. The lowest BCUT2D eigenvalue weighted by Gasteiger charge is -2.06. The van der Waals surface area contributed by atoms with Crippen LogP contribution in [0.1, 0.15) is 36.7 Å². The minimum absolute atomic E-state index is 0.0383. The molecule has 0 atom stereocenters. The van der Waals surface area contributed by atoms with Gasteiger partial charge < -0.3 is 10.3 Å². The maximum Gasteiger partial charge on any atom is 0.220 e. The summed E-state index contributed by atoms with van der Waals surface area (Å²) >= 11 is 5.95. The first-order valence-electron chi connectivity index (χ1n) is 8.62. The molecular weight excluding hydrogens is 334 g/mol. The van der Waals surface area contributed by atoms with Gasteiger partial charge in [0.25, 0.3) is 0 Å². The Labute approximate surface area is 152 Å². The lowest BCUT2D eigenvalue weighted by atomic mass is 10.1. The van der Waals surface area contributed by atoms with Gasteiger partial charge in [-0.3, -0.25) is 4.79 Å². The van der Waals surface area contributed by atoms with E-state index in [1.807, 2.05) is 36.4 Å². The predicted octanol–water partition coefficient (Wildman–Crippen LogP) is 4.42. The van der Waals surface area contributed by atoms with Crippen LogP contribution < -0.4 is 5.32 Å². The monoisotopic (exact) mass is 355 g/mol. The molecular formula is C20H22ClN3O. The fourth-order valence-corrected chi connectivity index (χ4v) is 3.03. The standard InChI is InChI=1S/C20H22ClN3O/c1-2-4-19-23-17-9-7-14(12-18(17)24-19)8-10-20(25)22-13-15-5-3-6-16(21)11-15/h3,5-7,9,11-12H,2,4,8,10,13H2,1H3,(H,22,25)(H,23,24). The molecule has 0 saturated heterocycles. The van der Waals surface area contributed by atoms with Gasteiger partial charge >= 0.3 is 0 Å². The van der Waals surface area contributed by atoms with Crippen molar-refractivity contribution in [2.75, 3.05) is 0 Å². The molecule has 25 heavy (non-hydrogen) atoms. The van der Waals surface area contributed by atoms with E-state index in [4.69, 9.17) is 11.6 Å². The van der Waals surface area contributed by atoms with E-state index >= 15 is 0 Å². The Bertz CT molecular complexity index is 872. The number of aromatic nitrogens is 2. The number of fused-ring (bicyclic) bond motifs is 1. The van der Waals surface area contributed by atoms with Gasteiger partial charge in [0, 0.05) is 24.4 Å². The first kappa shape index (κ1) is 17.5. The van der Waals surface area contributed by atoms with Gasteiger partial charge in [-0.25, -0.2) is 4.98 Å². The number of nitrogens with zero attached hydrogens (tertiary/aromatic N) is 1. The van der Waals surface area contributed by atoms with Crippen LogP contribution in [0.15, 0.2) is 42.5 Å². The zero-order valence-electron chi connectivity index (χ0n) is 14.3. The van der Waals surface area contributed by atoms with Crippen LogP contribution in [0.2, 0.25) is 5.02 Å². The van der Waals surface area contributed by atoms with Crippen LogP contribution in [0.5, 0.6) is 0 Å². The van der Waals surface area contributed by atoms with Gasteiger partial charge in [0.1, 0.15) is 5.82 Å². The van der Waals surface area contributed by atoms with Crippen LogP contribution in [0, 0.1) is 0 Å². The number of carbonyl (C=O) groups is 1. The highest BCUT2D eigenvalue weighted by molar-refractivity contribution is 6.30. The number of H-pyrrole nitrogens is 1. The van der Waals surface area contributed by atoms with E-state index in [2.05, 4.69) is 28.3 Å². The number of rotatable bonds is 7. The van der Waals surface area contributed by atoms with Crippen LogP contribution in [0.4, 0.5) is 0 Å². The van der Waals surface area contributed by atoms with Crippen molar-refractivity contribution in [3.05, 3.63) is 64.4 Å². The Morgan fingerprint density at radius 3 is 2.84 bits per heavy atom. The minimum Gasteiger partial charge on any atom is -0.352 e. The van der Waals surface area contributed by atoms with Crippen molar-refractivity contribution in [3.63, 3.8) is 0 Å². The van der Waals surface area contributed by atoms with Gasteiger partial charge in [0.15, 0.2) is 0 Å². The average Bonchev–Trinajstić information content (AvgIpc) is 3.00. The molecule has 5 heteroatoms. The number of halogens is 1.